The lowest BCUT2D eigenvalue weighted by molar-refractivity contribution is -0.142. The lowest BCUT2D eigenvalue weighted by Crippen LogP contribution is -2.55. The van der Waals surface area contributed by atoms with Crippen LogP contribution in [0.1, 0.15) is 96.4 Å². The molecule has 41 heavy (non-hydrogen) atoms. The minimum Gasteiger partial charge on any atom is -0.507 e. The van der Waals surface area contributed by atoms with E-state index in [9.17, 15) is 19.5 Å². The maximum Gasteiger partial charge on any atom is 0.408 e. The Hall–Kier alpha value is -3.55. The van der Waals surface area contributed by atoms with Crippen LogP contribution >= 0.6 is 0 Å². The normalized spacial score (nSPS) is 13.6. The van der Waals surface area contributed by atoms with Gasteiger partial charge >= 0.3 is 6.09 Å². The van der Waals surface area contributed by atoms with Gasteiger partial charge < -0.3 is 25.4 Å². The molecule has 0 spiro atoms. The molecule has 3 unspecified atom stereocenters. The summed E-state index contributed by atoms with van der Waals surface area (Å²) in [7, 11) is 0. The fraction of sp³-hybridized carbons (Fsp3) is 0.545. The van der Waals surface area contributed by atoms with Crippen molar-refractivity contribution in [1.82, 2.24) is 10.2 Å². The summed E-state index contributed by atoms with van der Waals surface area (Å²) in [4.78, 5) is 42.9. The van der Waals surface area contributed by atoms with E-state index >= 15 is 0 Å². The second-order valence-electron chi connectivity index (χ2n) is 11.8. The molecular formula is C33H49N3O5. The third-order valence-electron chi connectivity index (χ3n) is 7.21. The SMILES string of the molecule is CCCCCCN(C(=O)C(NC(=O)OC(C)(C)C)C(C)CC)C(C(=O)Nc1ccccc1C)c1cccc(C)c1O. The molecule has 3 N–H and O–H groups in total. The summed E-state index contributed by atoms with van der Waals surface area (Å²) in [5.74, 6) is -1.11. The van der Waals surface area contributed by atoms with Crippen molar-refractivity contribution in [2.24, 2.45) is 5.92 Å². The summed E-state index contributed by atoms with van der Waals surface area (Å²) in [5.41, 5.74) is 1.69. The molecule has 3 amide bonds. The molecule has 8 nitrogen and oxygen atoms in total. The molecule has 0 aliphatic heterocycles. The number of aromatic hydroxyl groups is 1. The van der Waals surface area contributed by atoms with E-state index in [0.717, 1.165) is 24.8 Å². The molecule has 0 saturated carbocycles. The predicted octanol–water partition coefficient (Wildman–Crippen LogP) is 7.04. The van der Waals surface area contributed by atoms with Gasteiger partial charge in [0.2, 0.25) is 5.91 Å². The first-order valence-corrected chi connectivity index (χ1v) is 14.8. The zero-order valence-electron chi connectivity index (χ0n) is 26.0. The molecular weight excluding hydrogens is 518 g/mol. The van der Waals surface area contributed by atoms with Gasteiger partial charge in [-0.1, -0.05) is 82.9 Å². The van der Waals surface area contributed by atoms with Crippen molar-refractivity contribution < 1.29 is 24.2 Å². The highest BCUT2D eigenvalue weighted by Gasteiger charge is 2.39. The minimum absolute atomic E-state index is 0.0380. The van der Waals surface area contributed by atoms with E-state index in [2.05, 4.69) is 17.6 Å². The van der Waals surface area contributed by atoms with Gasteiger partial charge in [-0.25, -0.2) is 4.79 Å². The summed E-state index contributed by atoms with van der Waals surface area (Å²) in [6, 6.07) is 10.6. The smallest absolute Gasteiger partial charge is 0.408 e. The largest absolute Gasteiger partial charge is 0.507 e. The molecule has 2 aromatic rings. The van der Waals surface area contributed by atoms with Crippen molar-refractivity contribution in [3.8, 4) is 5.75 Å². The second kappa shape index (κ2) is 15.5. The van der Waals surface area contributed by atoms with Gasteiger partial charge in [0.25, 0.3) is 5.91 Å². The van der Waals surface area contributed by atoms with Crippen LogP contribution in [0.3, 0.4) is 0 Å². The molecule has 226 valence electrons. The zero-order valence-corrected chi connectivity index (χ0v) is 26.0. The van der Waals surface area contributed by atoms with Gasteiger partial charge in [0.15, 0.2) is 0 Å². The third kappa shape index (κ3) is 9.80. The maximum absolute atomic E-state index is 14.4. The monoisotopic (exact) mass is 567 g/mol. The van der Waals surface area contributed by atoms with Crippen LogP contribution < -0.4 is 10.6 Å². The highest BCUT2D eigenvalue weighted by atomic mass is 16.6. The molecule has 0 fully saturated rings. The Morgan fingerprint density at radius 1 is 0.951 bits per heavy atom. The maximum atomic E-state index is 14.4. The first-order chi connectivity index (χ1) is 19.3. The Balaban J connectivity index is 2.63. The number of ether oxygens (including phenoxy) is 1. The zero-order chi connectivity index (χ0) is 30.7. The summed E-state index contributed by atoms with van der Waals surface area (Å²) in [6.45, 7) is 15.2. The number of hydrogen-bond donors (Lipinski definition) is 3. The van der Waals surface area contributed by atoms with Gasteiger partial charge in [0.05, 0.1) is 0 Å². The molecule has 3 atom stereocenters. The van der Waals surface area contributed by atoms with E-state index in [1.807, 2.05) is 39.0 Å². The molecule has 0 bridgehead atoms. The van der Waals surface area contributed by atoms with Crippen molar-refractivity contribution in [1.29, 1.82) is 0 Å². The summed E-state index contributed by atoms with van der Waals surface area (Å²) < 4.78 is 5.49. The number of phenolic OH excluding ortho intramolecular Hbond substituents is 1. The Kier molecular flexibility index (Phi) is 12.7. The number of para-hydroxylation sites is 2. The second-order valence-corrected chi connectivity index (χ2v) is 11.8. The van der Waals surface area contributed by atoms with Gasteiger partial charge in [0, 0.05) is 17.8 Å². The first-order valence-electron chi connectivity index (χ1n) is 14.8. The van der Waals surface area contributed by atoms with Crippen LogP contribution in [0.25, 0.3) is 0 Å². The molecule has 0 saturated heterocycles. The number of phenols is 1. The van der Waals surface area contributed by atoms with Gasteiger partial charge in [0.1, 0.15) is 23.4 Å². The quantitative estimate of drug-likeness (QED) is 0.225. The number of benzene rings is 2. The average Bonchev–Trinajstić information content (AvgIpc) is 2.90. The Morgan fingerprint density at radius 2 is 1.61 bits per heavy atom. The number of hydrogen-bond acceptors (Lipinski definition) is 5. The molecule has 0 radical (unpaired) electrons. The Labute approximate surface area is 245 Å². The average molecular weight is 568 g/mol. The molecule has 2 aromatic carbocycles. The lowest BCUT2D eigenvalue weighted by atomic mass is 9.94. The fourth-order valence-electron chi connectivity index (χ4n) is 4.64. The minimum atomic E-state index is -1.13. The van der Waals surface area contributed by atoms with E-state index in [4.69, 9.17) is 4.74 Å². The van der Waals surface area contributed by atoms with E-state index in [1.165, 1.54) is 4.90 Å². The van der Waals surface area contributed by atoms with Crippen molar-refractivity contribution in [3.63, 3.8) is 0 Å². The van der Waals surface area contributed by atoms with E-state index in [1.54, 1.807) is 52.0 Å². The third-order valence-corrected chi connectivity index (χ3v) is 7.21. The summed E-state index contributed by atoms with van der Waals surface area (Å²) in [6.07, 6.45) is 3.47. The van der Waals surface area contributed by atoms with Crippen LogP contribution in [0.15, 0.2) is 42.5 Å². The standard InChI is InChI=1S/C33H49N3O5/c1-9-11-12-15-21-36(31(39)27(22(3)10-2)35-32(40)41-33(6,7)8)28(25-19-16-18-24(5)29(25)37)30(38)34-26-20-14-13-17-23(26)4/h13-14,16-20,22,27-28,37H,9-12,15,21H2,1-8H3,(H,34,38)(H,35,40). The van der Waals surface area contributed by atoms with Gasteiger partial charge in [-0.3, -0.25) is 9.59 Å². The van der Waals surface area contributed by atoms with E-state index < -0.39 is 35.6 Å². The Bertz CT molecular complexity index is 1170. The molecule has 0 aliphatic rings. The number of nitrogens with zero attached hydrogens (tertiary/aromatic N) is 1. The summed E-state index contributed by atoms with van der Waals surface area (Å²) in [5, 5.41) is 16.9. The van der Waals surface area contributed by atoms with Gasteiger partial charge in [-0.2, -0.15) is 0 Å². The first kappa shape index (κ1) is 33.7. The number of aryl methyl sites for hydroxylation is 2. The number of unbranched alkanes of at least 4 members (excludes halogenated alkanes) is 3. The number of amides is 3. The van der Waals surface area contributed by atoms with Crippen molar-refractivity contribution in [2.45, 2.75) is 105 Å². The number of carbonyl (C=O) groups excluding carboxylic acids is 3. The van der Waals surface area contributed by atoms with Crippen LogP contribution in [0.5, 0.6) is 5.75 Å². The number of nitrogens with one attached hydrogen (secondary N) is 2. The highest BCUT2D eigenvalue weighted by molar-refractivity contribution is 5.99. The van der Waals surface area contributed by atoms with Gasteiger partial charge in [-0.15, -0.1) is 0 Å². The van der Waals surface area contributed by atoms with Crippen LogP contribution in [-0.4, -0.2) is 46.1 Å². The number of alkyl carbamates (subject to hydrolysis) is 1. The topological polar surface area (TPSA) is 108 Å². The van der Waals surface area contributed by atoms with E-state index in [0.29, 0.717) is 29.7 Å². The molecule has 2 rings (SSSR count). The molecule has 0 aromatic heterocycles. The number of anilines is 1. The predicted molar refractivity (Wildman–Crippen MR) is 164 cm³/mol. The van der Waals surface area contributed by atoms with Crippen molar-refractivity contribution in [2.75, 3.05) is 11.9 Å². The van der Waals surface area contributed by atoms with Gasteiger partial charge in [-0.05, 0) is 64.2 Å². The van der Waals surface area contributed by atoms with Crippen LogP contribution in [0.4, 0.5) is 10.5 Å². The number of rotatable bonds is 13. The number of carbonyl (C=O) groups is 3. The summed E-state index contributed by atoms with van der Waals surface area (Å²) >= 11 is 0. The Morgan fingerprint density at radius 3 is 2.22 bits per heavy atom. The lowest BCUT2D eigenvalue weighted by Gasteiger charge is -2.36. The highest BCUT2D eigenvalue weighted by Crippen LogP contribution is 2.34. The molecule has 0 aliphatic carbocycles. The fourth-order valence-corrected chi connectivity index (χ4v) is 4.64. The van der Waals surface area contributed by atoms with Crippen molar-refractivity contribution in [3.05, 3.63) is 59.2 Å². The van der Waals surface area contributed by atoms with Crippen LogP contribution in [0.2, 0.25) is 0 Å². The van der Waals surface area contributed by atoms with Crippen LogP contribution in [0, 0.1) is 19.8 Å². The van der Waals surface area contributed by atoms with Crippen LogP contribution in [-0.2, 0) is 14.3 Å². The van der Waals surface area contributed by atoms with Crippen molar-refractivity contribution >= 4 is 23.6 Å². The van der Waals surface area contributed by atoms with E-state index in [-0.39, 0.29) is 18.2 Å². The molecule has 8 heteroatoms. The molecule has 0 heterocycles.